The van der Waals surface area contributed by atoms with Gasteiger partial charge in [0, 0.05) is 11.8 Å². The van der Waals surface area contributed by atoms with Crippen molar-refractivity contribution in [1.82, 2.24) is 0 Å². The van der Waals surface area contributed by atoms with E-state index in [2.05, 4.69) is 0 Å². The summed E-state index contributed by atoms with van der Waals surface area (Å²) in [6.07, 6.45) is 0.977. The molecule has 0 aliphatic heterocycles. The minimum absolute atomic E-state index is 0.00344. The molecule has 0 aromatic heterocycles. The zero-order valence-corrected chi connectivity index (χ0v) is 11.5. The molecule has 1 aromatic carbocycles. The van der Waals surface area contributed by atoms with E-state index in [1.54, 1.807) is 0 Å². The summed E-state index contributed by atoms with van der Waals surface area (Å²) < 4.78 is 39.7. The van der Waals surface area contributed by atoms with Crippen molar-refractivity contribution < 1.29 is 22.3 Å². The lowest BCUT2D eigenvalue weighted by molar-refractivity contribution is 0.0953. The predicted molar refractivity (Wildman–Crippen MR) is 66.2 cm³/mol. The highest BCUT2D eigenvalue weighted by Crippen LogP contribution is 2.24. The maximum absolute atomic E-state index is 13.5. The van der Waals surface area contributed by atoms with Crippen LogP contribution in [0.4, 0.5) is 4.39 Å². The summed E-state index contributed by atoms with van der Waals surface area (Å²) in [5.41, 5.74) is 0.00345. The first-order valence-electron chi connectivity index (χ1n) is 5.19. The Morgan fingerprint density at radius 3 is 2.28 bits per heavy atom. The number of carbonyl (C=O) groups is 1. The third kappa shape index (κ3) is 2.53. The molecule has 0 aliphatic carbocycles. The number of sulfone groups is 1. The molecule has 0 fully saturated rings. The van der Waals surface area contributed by atoms with Gasteiger partial charge >= 0.3 is 0 Å². The molecule has 0 heterocycles. The lowest BCUT2D eigenvalue weighted by atomic mass is 10.00. The number of rotatable bonds is 4. The van der Waals surface area contributed by atoms with Gasteiger partial charge < -0.3 is 4.74 Å². The minimum atomic E-state index is -3.58. The maximum Gasteiger partial charge on any atom is 0.183 e. The lowest BCUT2D eigenvalue weighted by Gasteiger charge is -2.21. The van der Waals surface area contributed by atoms with Crippen LogP contribution in [-0.4, -0.2) is 32.3 Å². The van der Waals surface area contributed by atoms with Crippen molar-refractivity contribution in [2.75, 3.05) is 13.4 Å². The van der Waals surface area contributed by atoms with E-state index in [0.29, 0.717) is 0 Å². The summed E-state index contributed by atoms with van der Waals surface area (Å²) in [6, 6.07) is 3.62. The monoisotopic (exact) mass is 274 g/mol. The summed E-state index contributed by atoms with van der Waals surface area (Å²) in [5.74, 6) is -1.34. The largest absolute Gasteiger partial charge is 0.494 e. The molecule has 0 bridgehead atoms. The van der Waals surface area contributed by atoms with Crippen molar-refractivity contribution in [2.24, 2.45) is 0 Å². The number of hydrogen-bond donors (Lipinski definition) is 0. The van der Waals surface area contributed by atoms with Gasteiger partial charge in [-0.15, -0.1) is 0 Å². The van der Waals surface area contributed by atoms with Crippen LogP contribution in [0.2, 0.25) is 0 Å². The fourth-order valence-corrected chi connectivity index (χ4v) is 1.78. The zero-order chi connectivity index (χ0) is 14.1. The second-order valence-corrected chi connectivity index (χ2v) is 7.03. The SMILES string of the molecule is COc1ccc(C(=O)C(C)(C)S(C)(=O)=O)cc1F. The highest BCUT2D eigenvalue weighted by Gasteiger charge is 2.39. The normalized spacial score (nSPS) is 12.3. The Bertz CT molecular complexity index is 576. The molecule has 0 unspecified atom stereocenters. The molecule has 0 N–H and O–H groups in total. The lowest BCUT2D eigenvalue weighted by Crippen LogP contribution is -2.40. The van der Waals surface area contributed by atoms with Crippen LogP contribution >= 0.6 is 0 Å². The van der Waals surface area contributed by atoms with Gasteiger partial charge in [-0.25, -0.2) is 12.8 Å². The molecule has 0 spiro atoms. The smallest absolute Gasteiger partial charge is 0.183 e. The molecule has 0 aliphatic rings. The van der Waals surface area contributed by atoms with Crippen LogP contribution < -0.4 is 4.74 Å². The zero-order valence-electron chi connectivity index (χ0n) is 10.7. The van der Waals surface area contributed by atoms with Crippen molar-refractivity contribution in [3.05, 3.63) is 29.6 Å². The van der Waals surface area contributed by atoms with Crippen molar-refractivity contribution in [2.45, 2.75) is 18.6 Å². The fraction of sp³-hybridized carbons (Fsp3) is 0.417. The van der Waals surface area contributed by atoms with Gasteiger partial charge in [0.1, 0.15) is 4.75 Å². The van der Waals surface area contributed by atoms with Gasteiger partial charge in [0.15, 0.2) is 27.2 Å². The average Bonchev–Trinajstić information content (AvgIpc) is 2.26. The molecule has 4 nitrogen and oxygen atoms in total. The Balaban J connectivity index is 3.25. The number of ketones is 1. The van der Waals surface area contributed by atoms with Crippen LogP contribution in [-0.2, 0) is 9.84 Å². The molecule has 0 atom stereocenters. The first kappa shape index (κ1) is 14.6. The van der Waals surface area contributed by atoms with Gasteiger partial charge in [-0.3, -0.25) is 4.79 Å². The number of carbonyl (C=O) groups excluding carboxylic acids is 1. The van der Waals surface area contributed by atoms with E-state index in [1.165, 1.54) is 33.1 Å². The first-order chi connectivity index (χ1) is 8.11. The Hall–Kier alpha value is -1.43. The van der Waals surface area contributed by atoms with E-state index >= 15 is 0 Å². The Morgan fingerprint density at radius 2 is 1.89 bits per heavy atom. The number of Topliss-reactive ketones (excluding diaryl/α,β-unsaturated/α-hetero) is 1. The second-order valence-electron chi connectivity index (χ2n) is 4.46. The number of methoxy groups -OCH3 is 1. The molecule has 6 heteroatoms. The van der Waals surface area contributed by atoms with E-state index in [4.69, 9.17) is 4.74 Å². The number of hydrogen-bond acceptors (Lipinski definition) is 4. The summed E-state index contributed by atoms with van der Waals surface area (Å²) in [7, 11) is -2.28. The van der Waals surface area contributed by atoms with Gasteiger partial charge in [-0.05, 0) is 32.0 Å². The van der Waals surface area contributed by atoms with Crippen molar-refractivity contribution in [3.63, 3.8) is 0 Å². The third-order valence-electron chi connectivity index (χ3n) is 2.89. The van der Waals surface area contributed by atoms with Gasteiger partial charge in [-0.2, -0.15) is 0 Å². The van der Waals surface area contributed by atoms with Crippen LogP contribution in [0.3, 0.4) is 0 Å². The quantitative estimate of drug-likeness (QED) is 0.786. The molecule has 0 saturated heterocycles. The minimum Gasteiger partial charge on any atom is -0.494 e. The molecular formula is C12H15FO4S. The predicted octanol–water partition coefficient (Wildman–Crippen LogP) is 1.84. The average molecular weight is 274 g/mol. The molecule has 1 aromatic rings. The van der Waals surface area contributed by atoms with E-state index in [9.17, 15) is 17.6 Å². The van der Waals surface area contributed by atoms with E-state index < -0.39 is 26.2 Å². The Morgan fingerprint density at radius 1 is 1.33 bits per heavy atom. The third-order valence-corrected chi connectivity index (χ3v) is 4.93. The van der Waals surface area contributed by atoms with Crippen molar-refractivity contribution in [3.8, 4) is 5.75 Å². The topological polar surface area (TPSA) is 60.4 Å². The van der Waals surface area contributed by atoms with Gasteiger partial charge in [-0.1, -0.05) is 0 Å². The second kappa shape index (κ2) is 4.68. The molecule has 1 rings (SSSR count). The fourth-order valence-electron chi connectivity index (χ4n) is 1.32. The summed E-state index contributed by atoms with van der Waals surface area (Å²) in [6.45, 7) is 2.60. The van der Waals surface area contributed by atoms with Crippen molar-refractivity contribution in [1.29, 1.82) is 0 Å². The molecule has 100 valence electrons. The molecule has 18 heavy (non-hydrogen) atoms. The van der Waals surface area contributed by atoms with E-state index in [-0.39, 0.29) is 11.3 Å². The van der Waals surface area contributed by atoms with E-state index in [1.807, 2.05) is 0 Å². The van der Waals surface area contributed by atoms with Gasteiger partial charge in [0.25, 0.3) is 0 Å². The molecule has 0 saturated carbocycles. The van der Waals surface area contributed by atoms with Crippen LogP contribution in [0.5, 0.6) is 5.75 Å². The number of halogens is 1. The molecular weight excluding hydrogens is 259 g/mol. The van der Waals surface area contributed by atoms with Crippen LogP contribution in [0.15, 0.2) is 18.2 Å². The van der Waals surface area contributed by atoms with Crippen LogP contribution in [0.25, 0.3) is 0 Å². The van der Waals surface area contributed by atoms with Crippen LogP contribution in [0, 0.1) is 5.82 Å². The number of benzene rings is 1. The van der Waals surface area contributed by atoms with Gasteiger partial charge in [0.2, 0.25) is 0 Å². The first-order valence-corrected chi connectivity index (χ1v) is 7.08. The summed E-state index contributed by atoms with van der Waals surface area (Å²) in [5, 5.41) is 0. The maximum atomic E-state index is 13.5. The summed E-state index contributed by atoms with van der Waals surface area (Å²) in [4.78, 5) is 12.1. The molecule has 0 radical (unpaired) electrons. The van der Waals surface area contributed by atoms with Gasteiger partial charge in [0.05, 0.1) is 7.11 Å². The number of ether oxygens (including phenoxy) is 1. The van der Waals surface area contributed by atoms with Crippen molar-refractivity contribution >= 4 is 15.6 Å². The summed E-state index contributed by atoms with van der Waals surface area (Å²) >= 11 is 0. The standard InChI is InChI=1S/C12H15FO4S/c1-12(2,18(4,15)16)11(14)8-5-6-10(17-3)9(13)7-8/h5-7H,1-4H3. The highest BCUT2D eigenvalue weighted by molar-refractivity contribution is 7.92. The van der Waals surface area contributed by atoms with E-state index in [0.717, 1.165) is 12.3 Å². The highest BCUT2D eigenvalue weighted by atomic mass is 32.2. The van der Waals surface area contributed by atoms with Crippen LogP contribution in [0.1, 0.15) is 24.2 Å². The Labute approximate surface area is 106 Å². The Kier molecular flexibility index (Phi) is 3.81. The molecule has 0 amide bonds.